The van der Waals surface area contributed by atoms with Crippen LogP contribution >= 0.6 is 0 Å². The summed E-state index contributed by atoms with van der Waals surface area (Å²) in [4.78, 5) is 24.6. The lowest BCUT2D eigenvalue weighted by molar-refractivity contribution is 0.278. The highest BCUT2D eigenvalue weighted by atomic mass is 16.3. The van der Waals surface area contributed by atoms with Gasteiger partial charge in [0.25, 0.3) is 5.56 Å². The Labute approximate surface area is 73.6 Å². The zero-order chi connectivity index (χ0) is 9.84. The highest BCUT2D eigenvalue weighted by molar-refractivity contribution is 5.23. The quantitative estimate of drug-likeness (QED) is 0.533. The largest absolute Gasteiger partial charge is 0.396 e. The Morgan fingerprint density at radius 3 is 2.77 bits per heavy atom. The average Bonchev–Trinajstić information content (AvgIpc) is 2.02. The molecule has 0 bridgehead atoms. The summed E-state index contributed by atoms with van der Waals surface area (Å²) in [7, 11) is 0. The van der Waals surface area contributed by atoms with E-state index in [0.717, 1.165) is 10.6 Å². The van der Waals surface area contributed by atoms with Gasteiger partial charge in [-0.25, -0.2) is 4.79 Å². The molecule has 0 unspecified atom stereocenters. The van der Waals surface area contributed by atoms with E-state index in [4.69, 9.17) is 10.8 Å². The average molecular weight is 185 g/mol. The van der Waals surface area contributed by atoms with Gasteiger partial charge in [-0.1, -0.05) is 0 Å². The molecular formula is C7H11N3O3. The summed E-state index contributed by atoms with van der Waals surface area (Å²) >= 11 is 0. The molecule has 1 aromatic rings. The van der Waals surface area contributed by atoms with Crippen LogP contribution in [0.1, 0.15) is 6.42 Å². The molecule has 0 aromatic carbocycles. The molecule has 13 heavy (non-hydrogen) atoms. The molecule has 1 heterocycles. The molecule has 72 valence electrons. The van der Waals surface area contributed by atoms with Crippen molar-refractivity contribution in [2.75, 3.05) is 12.3 Å². The molecule has 0 spiro atoms. The van der Waals surface area contributed by atoms with Crippen LogP contribution < -0.4 is 17.0 Å². The van der Waals surface area contributed by atoms with Crippen LogP contribution in [0.2, 0.25) is 0 Å². The number of aliphatic hydroxyl groups excluding tert-OH is 1. The number of hydrogen-bond donors (Lipinski definition) is 3. The minimum Gasteiger partial charge on any atom is -0.396 e. The van der Waals surface area contributed by atoms with Crippen LogP contribution in [0.25, 0.3) is 0 Å². The third kappa shape index (κ3) is 2.19. The van der Waals surface area contributed by atoms with Gasteiger partial charge in [-0.2, -0.15) is 0 Å². The number of aromatic nitrogens is 2. The fraction of sp³-hybridized carbons (Fsp3) is 0.429. The molecule has 0 aliphatic carbocycles. The first-order chi connectivity index (χ1) is 6.15. The lowest BCUT2D eigenvalue weighted by Crippen LogP contribution is -2.35. The van der Waals surface area contributed by atoms with Crippen molar-refractivity contribution in [3.05, 3.63) is 26.9 Å². The van der Waals surface area contributed by atoms with Gasteiger partial charge in [0, 0.05) is 19.2 Å². The Morgan fingerprint density at radius 1 is 1.54 bits per heavy atom. The molecule has 0 aliphatic heterocycles. The highest BCUT2D eigenvalue weighted by Gasteiger charge is 2.00. The van der Waals surface area contributed by atoms with Gasteiger partial charge in [-0.05, 0) is 6.42 Å². The summed E-state index contributed by atoms with van der Waals surface area (Å²) in [5.41, 5.74) is 4.25. The summed E-state index contributed by atoms with van der Waals surface area (Å²) < 4.78 is 0.993. The molecule has 0 fully saturated rings. The Hall–Kier alpha value is -1.56. The van der Waals surface area contributed by atoms with Crippen molar-refractivity contribution >= 4 is 5.82 Å². The monoisotopic (exact) mass is 185 g/mol. The predicted octanol–water partition coefficient (Wildman–Crippen LogP) is -1.50. The lowest BCUT2D eigenvalue weighted by Gasteiger charge is -2.02. The van der Waals surface area contributed by atoms with E-state index in [0.29, 0.717) is 6.42 Å². The molecule has 0 saturated carbocycles. The van der Waals surface area contributed by atoms with E-state index in [2.05, 4.69) is 4.98 Å². The number of nitrogens with one attached hydrogen (secondary N) is 1. The van der Waals surface area contributed by atoms with Crippen molar-refractivity contribution in [1.82, 2.24) is 9.55 Å². The molecule has 4 N–H and O–H groups in total. The Kier molecular flexibility index (Phi) is 2.86. The fourth-order valence-corrected chi connectivity index (χ4v) is 0.979. The van der Waals surface area contributed by atoms with E-state index >= 15 is 0 Å². The Balaban J connectivity index is 3.07. The van der Waals surface area contributed by atoms with E-state index in [1.54, 1.807) is 0 Å². The van der Waals surface area contributed by atoms with E-state index in [-0.39, 0.29) is 19.0 Å². The fourth-order valence-electron chi connectivity index (χ4n) is 0.979. The van der Waals surface area contributed by atoms with Crippen LogP contribution in [-0.2, 0) is 6.54 Å². The van der Waals surface area contributed by atoms with Crippen molar-refractivity contribution in [2.45, 2.75) is 13.0 Å². The van der Waals surface area contributed by atoms with Crippen molar-refractivity contribution in [1.29, 1.82) is 0 Å². The van der Waals surface area contributed by atoms with E-state index in [1.807, 2.05) is 0 Å². The predicted molar refractivity (Wildman–Crippen MR) is 47.4 cm³/mol. The van der Waals surface area contributed by atoms with Gasteiger partial charge in [0.15, 0.2) is 0 Å². The first kappa shape index (κ1) is 9.53. The number of H-pyrrole nitrogens is 1. The summed E-state index contributed by atoms with van der Waals surface area (Å²) in [6.45, 7) is 0.140. The summed E-state index contributed by atoms with van der Waals surface area (Å²) in [6.07, 6.45) is 0.368. The van der Waals surface area contributed by atoms with Crippen LogP contribution in [0.15, 0.2) is 15.7 Å². The van der Waals surface area contributed by atoms with Crippen molar-refractivity contribution in [3.8, 4) is 0 Å². The van der Waals surface area contributed by atoms with Gasteiger partial charge in [-0.15, -0.1) is 0 Å². The second kappa shape index (κ2) is 3.90. The number of nitrogen functional groups attached to an aromatic ring is 1. The molecule has 1 aromatic heterocycles. The number of hydrogen-bond acceptors (Lipinski definition) is 4. The molecule has 1 rings (SSSR count). The summed E-state index contributed by atoms with van der Waals surface area (Å²) in [5.74, 6) is 0.0512. The van der Waals surface area contributed by atoms with Crippen LogP contribution in [0.4, 0.5) is 5.82 Å². The van der Waals surface area contributed by atoms with Crippen molar-refractivity contribution in [2.24, 2.45) is 0 Å². The van der Waals surface area contributed by atoms with Gasteiger partial charge < -0.3 is 10.8 Å². The Bertz CT molecular complexity index is 361. The second-order valence-electron chi connectivity index (χ2n) is 2.60. The third-order valence-corrected chi connectivity index (χ3v) is 1.58. The minimum absolute atomic E-state index is 0.0512. The topological polar surface area (TPSA) is 101 Å². The third-order valence-electron chi connectivity index (χ3n) is 1.58. The SMILES string of the molecule is Nc1cc(=O)n(CCCO)c(=O)[nH]1. The highest BCUT2D eigenvalue weighted by Crippen LogP contribution is 1.84. The lowest BCUT2D eigenvalue weighted by atomic mass is 10.4. The first-order valence-corrected chi connectivity index (χ1v) is 3.85. The second-order valence-corrected chi connectivity index (χ2v) is 2.60. The molecular weight excluding hydrogens is 174 g/mol. The molecule has 0 atom stereocenters. The zero-order valence-corrected chi connectivity index (χ0v) is 6.99. The maximum atomic E-state index is 11.1. The maximum Gasteiger partial charge on any atom is 0.329 e. The number of nitrogens with zero attached hydrogens (tertiary/aromatic N) is 1. The van der Waals surface area contributed by atoms with E-state index in [1.165, 1.54) is 0 Å². The van der Waals surface area contributed by atoms with Crippen LogP contribution in [-0.4, -0.2) is 21.3 Å². The van der Waals surface area contributed by atoms with Gasteiger partial charge >= 0.3 is 5.69 Å². The van der Waals surface area contributed by atoms with E-state index in [9.17, 15) is 9.59 Å². The number of rotatable bonds is 3. The molecule has 6 nitrogen and oxygen atoms in total. The minimum atomic E-state index is -0.543. The normalized spacial score (nSPS) is 10.2. The molecule has 0 radical (unpaired) electrons. The van der Waals surface area contributed by atoms with E-state index < -0.39 is 11.2 Å². The van der Waals surface area contributed by atoms with Crippen molar-refractivity contribution < 1.29 is 5.11 Å². The number of anilines is 1. The maximum absolute atomic E-state index is 11.1. The standard InChI is InChI=1S/C7H11N3O3/c8-5-4-6(12)10(2-1-3-11)7(13)9-5/h4,11H,1-3,8H2,(H,9,13). The molecule has 0 aliphatic rings. The Morgan fingerprint density at radius 2 is 2.23 bits per heavy atom. The van der Waals surface area contributed by atoms with Gasteiger partial charge in [0.2, 0.25) is 0 Å². The first-order valence-electron chi connectivity index (χ1n) is 3.85. The van der Waals surface area contributed by atoms with Crippen molar-refractivity contribution in [3.63, 3.8) is 0 Å². The summed E-state index contributed by atoms with van der Waals surface area (Å²) in [5, 5.41) is 8.51. The van der Waals surface area contributed by atoms with Gasteiger partial charge in [0.05, 0.1) is 0 Å². The molecule has 0 saturated heterocycles. The van der Waals surface area contributed by atoms with Gasteiger partial charge in [-0.3, -0.25) is 14.3 Å². The van der Waals surface area contributed by atoms with Crippen LogP contribution in [0.3, 0.4) is 0 Å². The molecule has 0 amide bonds. The number of nitrogens with two attached hydrogens (primary N) is 1. The van der Waals surface area contributed by atoms with Crippen LogP contribution in [0, 0.1) is 0 Å². The number of aliphatic hydroxyl groups is 1. The van der Waals surface area contributed by atoms with Crippen LogP contribution in [0.5, 0.6) is 0 Å². The molecule has 6 heteroatoms. The summed E-state index contributed by atoms with van der Waals surface area (Å²) in [6, 6.07) is 1.14. The zero-order valence-electron chi connectivity index (χ0n) is 6.99. The smallest absolute Gasteiger partial charge is 0.329 e. The number of aromatic amines is 1. The van der Waals surface area contributed by atoms with Gasteiger partial charge in [0.1, 0.15) is 5.82 Å².